The lowest BCUT2D eigenvalue weighted by Gasteiger charge is -2.22. The van der Waals surface area contributed by atoms with Crippen LogP contribution in [0.1, 0.15) is 24.5 Å². The Morgan fingerprint density at radius 1 is 1.50 bits per heavy atom. The van der Waals surface area contributed by atoms with E-state index in [0.29, 0.717) is 12.5 Å². The highest BCUT2D eigenvalue weighted by Gasteiger charge is 2.13. The lowest BCUT2D eigenvalue weighted by Crippen LogP contribution is -2.30. The normalized spacial score (nSPS) is 15.0. The number of benzene rings is 1. The van der Waals surface area contributed by atoms with Gasteiger partial charge < -0.3 is 9.64 Å². The van der Waals surface area contributed by atoms with Crippen LogP contribution in [-0.4, -0.2) is 31.1 Å². The van der Waals surface area contributed by atoms with Crippen LogP contribution in [0.2, 0.25) is 0 Å². The first kappa shape index (κ1) is 12.9. The average molecular weight is 244 g/mol. The van der Waals surface area contributed by atoms with Crippen LogP contribution >= 0.6 is 0 Å². The highest BCUT2D eigenvalue weighted by atomic mass is 16.5. The molecule has 3 heteroatoms. The van der Waals surface area contributed by atoms with E-state index in [1.807, 2.05) is 0 Å². The summed E-state index contributed by atoms with van der Waals surface area (Å²) >= 11 is 0. The van der Waals surface area contributed by atoms with Crippen LogP contribution in [0.4, 0.5) is 0 Å². The van der Waals surface area contributed by atoms with E-state index >= 15 is 0 Å². The molecule has 0 N–H and O–H groups in total. The first-order chi connectivity index (χ1) is 8.70. The maximum absolute atomic E-state index is 8.69. The van der Waals surface area contributed by atoms with Crippen molar-refractivity contribution in [1.29, 1.82) is 5.26 Å². The Bertz CT molecular complexity index is 450. The Labute approximate surface area is 109 Å². The molecule has 0 fully saturated rings. The van der Waals surface area contributed by atoms with Gasteiger partial charge in [0.2, 0.25) is 0 Å². The molecule has 0 amide bonds. The zero-order valence-electron chi connectivity index (χ0n) is 11.1. The molecule has 1 aromatic carbocycles. The predicted molar refractivity (Wildman–Crippen MR) is 71.7 cm³/mol. The Hall–Kier alpha value is -1.53. The van der Waals surface area contributed by atoms with Crippen LogP contribution in [-0.2, 0) is 12.8 Å². The summed E-state index contributed by atoms with van der Waals surface area (Å²) in [6.45, 7) is 3.90. The van der Waals surface area contributed by atoms with Crippen LogP contribution < -0.4 is 4.74 Å². The van der Waals surface area contributed by atoms with Crippen molar-refractivity contribution in [3.05, 3.63) is 29.3 Å². The summed E-state index contributed by atoms with van der Waals surface area (Å²) in [5.74, 6) is 1.05. The van der Waals surface area contributed by atoms with Crippen molar-refractivity contribution in [2.24, 2.45) is 0 Å². The smallest absolute Gasteiger partial charge is 0.122 e. The average Bonchev–Trinajstić information content (AvgIpc) is 2.83. The maximum atomic E-state index is 8.69. The lowest BCUT2D eigenvalue weighted by molar-refractivity contribution is 0.264. The fraction of sp³-hybridized carbons (Fsp3) is 0.533. The molecule has 1 unspecified atom stereocenters. The summed E-state index contributed by atoms with van der Waals surface area (Å²) in [6.07, 6.45) is 2.65. The third-order valence-corrected chi connectivity index (χ3v) is 3.65. The molecule has 0 spiro atoms. The molecule has 0 bridgehead atoms. The van der Waals surface area contributed by atoms with Gasteiger partial charge in [0, 0.05) is 19.0 Å². The zero-order valence-corrected chi connectivity index (χ0v) is 11.1. The molecule has 0 saturated carbocycles. The molecule has 1 aliphatic rings. The number of hydrogen-bond donors (Lipinski definition) is 0. The van der Waals surface area contributed by atoms with Gasteiger partial charge in [0.15, 0.2) is 0 Å². The van der Waals surface area contributed by atoms with Gasteiger partial charge >= 0.3 is 0 Å². The molecule has 1 heterocycles. The van der Waals surface area contributed by atoms with Crippen LogP contribution in [0.25, 0.3) is 0 Å². The Kier molecular flexibility index (Phi) is 4.22. The molecule has 0 radical (unpaired) electrons. The minimum Gasteiger partial charge on any atom is -0.493 e. The number of hydrogen-bond acceptors (Lipinski definition) is 3. The van der Waals surface area contributed by atoms with E-state index in [0.717, 1.165) is 31.7 Å². The van der Waals surface area contributed by atoms with Gasteiger partial charge in [-0.25, -0.2) is 0 Å². The topological polar surface area (TPSA) is 36.3 Å². The molecule has 0 saturated heterocycles. The second-order valence-electron chi connectivity index (χ2n) is 4.98. The SMILES string of the molecule is CC(CC#N)N(C)CCc1ccc2c(c1)CCO2. The van der Waals surface area contributed by atoms with Gasteiger partial charge in [0.05, 0.1) is 19.1 Å². The fourth-order valence-corrected chi connectivity index (χ4v) is 2.21. The molecule has 2 rings (SSSR count). The molecule has 1 atom stereocenters. The standard InChI is InChI=1S/C15H20N2O/c1-12(5-8-16)17(2)9-6-13-3-4-15-14(11-13)7-10-18-15/h3-4,11-12H,5-7,9-10H2,1-2H3. The maximum Gasteiger partial charge on any atom is 0.122 e. The van der Waals surface area contributed by atoms with E-state index in [4.69, 9.17) is 10.00 Å². The highest BCUT2D eigenvalue weighted by molar-refractivity contribution is 5.39. The van der Waals surface area contributed by atoms with Crippen molar-refractivity contribution in [3.8, 4) is 11.8 Å². The second kappa shape index (κ2) is 5.88. The molecule has 0 aromatic heterocycles. The molecule has 18 heavy (non-hydrogen) atoms. The molecular formula is C15H20N2O. The summed E-state index contributed by atoms with van der Waals surface area (Å²) in [7, 11) is 2.08. The van der Waals surface area contributed by atoms with Crippen molar-refractivity contribution in [3.63, 3.8) is 0 Å². The second-order valence-corrected chi connectivity index (χ2v) is 4.98. The van der Waals surface area contributed by atoms with E-state index in [9.17, 15) is 0 Å². The summed E-state index contributed by atoms with van der Waals surface area (Å²) in [5, 5.41) is 8.69. The van der Waals surface area contributed by atoms with Gasteiger partial charge in [0.1, 0.15) is 5.75 Å². The number of rotatable bonds is 5. The minimum atomic E-state index is 0.327. The zero-order chi connectivity index (χ0) is 13.0. The lowest BCUT2D eigenvalue weighted by atomic mass is 10.1. The van der Waals surface area contributed by atoms with E-state index < -0.39 is 0 Å². The first-order valence-electron chi connectivity index (χ1n) is 6.52. The third kappa shape index (κ3) is 3.02. The Morgan fingerprint density at radius 3 is 3.11 bits per heavy atom. The van der Waals surface area contributed by atoms with Gasteiger partial charge in [0.25, 0.3) is 0 Å². The van der Waals surface area contributed by atoms with Crippen molar-refractivity contribution >= 4 is 0 Å². The van der Waals surface area contributed by atoms with Gasteiger partial charge in [-0.3, -0.25) is 0 Å². The van der Waals surface area contributed by atoms with Crippen molar-refractivity contribution in [2.75, 3.05) is 20.2 Å². The number of nitrogens with zero attached hydrogens (tertiary/aromatic N) is 2. The van der Waals surface area contributed by atoms with Crippen LogP contribution in [0, 0.1) is 11.3 Å². The molecule has 3 nitrogen and oxygen atoms in total. The number of nitriles is 1. The first-order valence-corrected chi connectivity index (χ1v) is 6.52. The van der Waals surface area contributed by atoms with Gasteiger partial charge in [-0.15, -0.1) is 0 Å². The highest BCUT2D eigenvalue weighted by Crippen LogP contribution is 2.26. The number of fused-ring (bicyclic) bond motifs is 1. The quantitative estimate of drug-likeness (QED) is 0.798. The Morgan fingerprint density at radius 2 is 2.33 bits per heavy atom. The monoisotopic (exact) mass is 244 g/mol. The summed E-state index contributed by atoms with van der Waals surface area (Å²) in [5.41, 5.74) is 2.69. The molecule has 1 aliphatic heterocycles. The van der Waals surface area contributed by atoms with E-state index in [1.54, 1.807) is 0 Å². The minimum absolute atomic E-state index is 0.327. The molecule has 96 valence electrons. The van der Waals surface area contributed by atoms with Crippen LogP contribution in [0.15, 0.2) is 18.2 Å². The third-order valence-electron chi connectivity index (χ3n) is 3.65. The summed E-state index contributed by atoms with van der Waals surface area (Å²) in [4.78, 5) is 2.24. The van der Waals surface area contributed by atoms with Gasteiger partial charge in [-0.05, 0) is 37.6 Å². The fourth-order valence-electron chi connectivity index (χ4n) is 2.21. The van der Waals surface area contributed by atoms with Gasteiger partial charge in [-0.1, -0.05) is 12.1 Å². The largest absolute Gasteiger partial charge is 0.493 e. The Balaban J connectivity index is 1.89. The number of ether oxygens (including phenoxy) is 1. The number of likely N-dealkylation sites (N-methyl/N-ethyl adjacent to an activating group) is 1. The molecule has 0 aliphatic carbocycles. The van der Waals surface area contributed by atoms with Crippen LogP contribution in [0.3, 0.4) is 0 Å². The van der Waals surface area contributed by atoms with E-state index in [-0.39, 0.29) is 0 Å². The predicted octanol–water partition coefficient (Wildman–Crippen LogP) is 2.40. The van der Waals surface area contributed by atoms with Crippen LogP contribution in [0.5, 0.6) is 5.75 Å². The van der Waals surface area contributed by atoms with Crippen molar-refractivity contribution in [2.45, 2.75) is 32.2 Å². The molecular weight excluding hydrogens is 224 g/mol. The van der Waals surface area contributed by atoms with E-state index in [2.05, 4.69) is 43.1 Å². The summed E-state index contributed by atoms with van der Waals surface area (Å²) in [6, 6.07) is 9.03. The molecule has 1 aromatic rings. The van der Waals surface area contributed by atoms with Crippen molar-refractivity contribution in [1.82, 2.24) is 4.90 Å². The van der Waals surface area contributed by atoms with Gasteiger partial charge in [-0.2, -0.15) is 5.26 Å². The summed E-state index contributed by atoms with van der Waals surface area (Å²) < 4.78 is 5.50. The van der Waals surface area contributed by atoms with Crippen molar-refractivity contribution < 1.29 is 4.74 Å². The van der Waals surface area contributed by atoms with E-state index in [1.165, 1.54) is 11.1 Å².